The maximum absolute atomic E-state index is 6.14. The summed E-state index contributed by atoms with van der Waals surface area (Å²) in [4.78, 5) is 0. The average Bonchev–Trinajstić information content (AvgIpc) is 3.20. The van der Waals surface area contributed by atoms with Crippen molar-refractivity contribution in [3.8, 4) is 0 Å². The normalized spacial score (nSPS) is 13.2. The molecule has 0 aliphatic rings. The lowest BCUT2D eigenvalue weighted by atomic mass is 9.86. The molecule has 1 atom stereocenters. The molecule has 3 aromatic carbocycles. The standard InChI is InChI=1S/C25H25N3O/c1-3-29-25(28-24-17-11-10-16-23(24)26-27-28)19(2)22(21-14-8-5-9-15-21)18-20-12-6-4-7-13-20/h4-17,22H,3,18H2,1-2H3. The van der Waals surface area contributed by atoms with Gasteiger partial charge in [-0.1, -0.05) is 78.0 Å². The van der Waals surface area contributed by atoms with Crippen LogP contribution in [0.2, 0.25) is 0 Å². The van der Waals surface area contributed by atoms with E-state index in [2.05, 4.69) is 77.9 Å². The summed E-state index contributed by atoms with van der Waals surface area (Å²) in [5, 5.41) is 8.72. The Bertz CT molecular complexity index is 1100. The molecule has 1 heterocycles. The summed E-state index contributed by atoms with van der Waals surface area (Å²) in [5.41, 5.74) is 5.49. The van der Waals surface area contributed by atoms with Crippen LogP contribution in [-0.2, 0) is 11.2 Å². The van der Waals surface area contributed by atoms with Crippen molar-refractivity contribution in [2.45, 2.75) is 26.2 Å². The molecule has 0 amide bonds. The van der Waals surface area contributed by atoms with Crippen LogP contribution >= 0.6 is 0 Å². The second-order valence-electron chi connectivity index (χ2n) is 7.06. The third-order valence-corrected chi connectivity index (χ3v) is 5.17. The zero-order valence-electron chi connectivity index (χ0n) is 16.8. The Kier molecular flexibility index (Phi) is 5.71. The predicted molar refractivity (Wildman–Crippen MR) is 117 cm³/mol. The first-order valence-electron chi connectivity index (χ1n) is 10.0. The molecule has 0 aliphatic carbocycles. The number of allylic oxidation sites excluding steroid dienone is 1. The quantitative estimate of drug-likeness (QED) is 0.385. The van der Waals surface area contributed by atoms with Gasteiger partial charge in [0, 0.05) is 5.92 Å². The maximum Gasteiger partial charge on any atom is 0.215 e. The van der Waals surface area contributed by atoms with Gasteiger partial charge in [-0.05, 0) is 49.1 Å². The van der Waals surface area contributed by atoms with E-state index in [1.165, 1.54) is 11.1 Å². The average molecular weight is 383 g/mol. The molecular formula is C25H25N3O. The fourth-order valence-electron chi connectivity index (χ4n) is 3.70. The smallest absolute Gasteiger partial charge is 0.215 e. The van der Waals surface area contributed by atoms with Crippen LogP contribution < -0.4 is 0 Å². The van der Waals surface area contributed by atoms with Gasteiger partial charge in [-0.3, -0.25) is 0 Å². The van der Waals surface area contributed by atoms with E-state index in [4.69, 9.17) is 4.74 Å². The van der Waals surface area contributed by atoms with Crippen molar-refractivity contribution in [2.75, 3.05) is 6.61 Å². The minimum absolute atomic E-state index is 0.170. The molecule has 0 N–H and O–H groups in total. The topological polar surface area (TPSA) is 39.9 Å². The number of aromatic nitrogens is 3. The third kappa shape index (κ3) is 4.06. The summed E-state index contributed by atoms with van der Waals surface area (Å²) in [5.74, 6) is 0.925. The van der Waals surface area contributed by atoms with Crippen molar-refractivity contribution in [1.29, 1.82) is 0 Å². The lowest BCUT2D eigenvalue weighted by Crippen LogP contribution is -2.13. The fraction of sp³-hybridized carbons (Fsp3) is 0.200. The number of hydrogen-bond acceptors (Lipinski definition) is 3. The number of benzene rings is 3. The second kappa shape index (κ2) is 8.74. The van der Waals surface area contributed by atoms with Crippen molar-refractivity contribution in [1.82, 2.24) is 15.0 Å². The van der Waals surface area contributed by atoms with Crippen LogP contribution in [0.5, 0.6) is 0 Å². The fourth-order valence-corrected chi connectivity index (χ4v) is 3.70. The largest absolute Gasteiger partial charge is 0.478 e. The molecule has 0 spiro atoms. The number of fused-ring (bicyclic) bond motifs is 1. The number of nitrogens with zero attached hydrogens (tertiary/aromatic N) is 3. The summed E-state index contributed by atoms with van der Waals surface area (Å²) < 4.78 is 7.96. The minimum atomic E-state index is 0.170. The minimum Gasteiger partial charge on any atom is -0.478 e. The van der Waals surface area contributed by atoms with Crippen molar-refractivity contribution < 1.29 is 4.74 Å². The van der Waals surface area contributed by atoms with Gasteiger partial charge in [-0.25, -0.2) is 0 Å². The van der Waals surface area contributed by atoms with Crippen LogP contribution in [0.4, 0.5) is 0 Å². The SMILES string of the molecule is CCOC(=C(C)C(Cc1ccccc1)c1ccccc1)n1nnc2ccccc21. The van der Waals surface area contributed by atoms with Gasteiger partial charge in [-0.15, -0.1) is 5.10 Å². The van der Waals surface area contributed by atoms with E-state index in [1.54, 1.807) is 0 Å². The molecule has 146 valence electrons. The molecule has 0 bridgehead atoms. The molecule has 0 saturated carbocycles. The molecular weight excluding hydrogens is 358 g/mol. The molecule has 1 aromatic heterocycles. The first-order chi connectivity index (χ1) is 14.3. The van der Waals surface area contributed by atoms with Crippen LogP contribution in [0.3, 0.4) is 0 Å². The molecule has 4 rings (SSSR count). The second-order valence-corrected chi connectivity index (χ2v) is 7.06. The Balaban J connectivity index is 1.84. The first kappa shape index (κ1) is 18.9. The predicted octanol–water partition coefficient (Wildman–Crippen LogP) is 5.68. The van der Waals surface area contributed by atoms with Gasteiger partial charge in [-0.2, -0.15) is 4.68 Å². The van der Waals surface area contributed by atoms with E-state index in [-0.39, 0.29) is 5.92 Å². The lowest BCUT2D eigenvalue weighted by Gasteiger charge is -2.22. The van der Waals surface area contributed by atoms with E-state index in [0.29, 0.717) is 6.61 Å². The van der Waals surface area contributed by atoms with Crippen molar-refractivity contribution in [3.63, 3.8) is 0 Å². The van der Waals surface area contributed by atoms with Crippen LogP contribution in [0.1, 0.15) is 30.9 Å². The summed E-state index contributed by atoms with van der Waals surface area (Å²) in [6.07, 6.45) is 0.889. The van der Waals surface area contributed by atoms with Crippen molar-refractivity contribution >= 4 is 16.9 Å². The highest BCUT2D eigenvalue weighted by molar-refractivity contribution is 5.77. The van der Waals surface area contributed by atoms with Gasteiger partial charge < -0.3 is 4.74 Å². The van der Waals surface area contributed by atoms with E-state index >= 15 is 0 Å². The highest BCUT2D eigenvalue weighted by Gasteiger charge is 2.21. The van der Waals surface area contributed by atoms with E-state index in [9.17, 15) is 0 Å². The van der Waals surface area contributed by atoms with Crippen LogP contribution in [0.25, 0.3) is 16.9 Å². The number of ether oxygens (including phenoxy) is 1. The molecule has 0 saturated heterocycles. The molecule has 4 heteroatoms. The number of rotatable bonds is 7. The number of hydrogen-bond donors (Lipinski definition) is 0. The number of para-hydroxylation sites is 1. The molecule has 0 radical (unpaired) electrons. The molecule has 29 heavy (non-hydrogen) atoms. The van der Waals surface area contributed by atoms with Crippen LogP contribution in [0.15, 0.2) is 90.5 Å². The Hall–Kier alpha value is -3.40. The van der Waals surface area contributed by atoms with Crippen molar-refractivity contribution in [3.05, 3.63) is 102 Å². The Morgan fingerprint density at radius 2 is 1.55 bits per heavy atom. The zero-order chi connectivity index (χ0) is 20.1. The maximum atomic E-state index is 6.14. The first-order valence-corrected chi connectivity index (χ1v) is 10.0. The van der Waals surface area contributed by atoms with E-state index < -0.39 is 0 Å². The zero-order valence-corrected chi connectivity index (χ0v) is 16.8. The summed E-state index contributed by atoms with van der Waals surface area (Å²) in [7, 11) is 0. The molecule has 0 aliphatic heterocycles. The van der Waals surface area contributed by atoms with Gasteiger partial charge in [0.15, 0.2) is 0 Å². The Labute approximate surface area is 171 Å². The monoisotopic (exact) mass is 383 g/mol. The summed E-state index contributed by atoms with van der Waals surface area (Å²) in [6.45, 7) is 4.71. The molecule has 0 fully saturated rings. The van der Waals surface area contributed by atoms with Gasteiger partial charge in [0.1, 0.15) is 5.52 Å². The van der Waals surface area contributed by atoms with Crippen molar-refractivity contribution in [2.24, 2.45) is 0 Å². The molecule has 4 aromatic rings. The molecule has 1 unspecified atom stereocenters. The highest BCUT2D eigenvalue weighted by Crippen LogP contribution is 2.33. The summed E-state index contributed by atoms with van der Waals surface area (Å²) >= 11 is 0. The lowest BCUT2D eigenvalue weighted by molar-refractivity contribution is 0.268. The third-order valence-electron chi connectivity index (χ3n) is 5.17. The Morgan fingerprint density at radius 3 is 2.28 bits per heavy atom. The van der Waals surface area contributed by atoms with Gasteiger partial charge in [0.25, 0.3) is 0 Å². The van der Waals surface area contributed by atoms with Gasteiger partial charge in [0.2, 0.25) is 5.88 Å². The van der Waals surface area contributed by atoms with Gasteiger partial charge in [0.05, 0.1) is 12.1 Å². The Morgan fingerprint density at radius 1 is 0.897 bits per heavy atom. The van der Waals surface area contributed by atoms with Gasteiger partial charge >= 0.3 is 0 Å². The van der Waals surface area contributed by atoms with Crippen LogP contribution in [0, 0.1) is 0 Å². The van der Waals surface area contributed by atoms with E-state index in [1.807, 2.05) is 35.9 Å². The highest BCUT2D eigenvalue weighted by atomic mass is 16.5. The van der Waals surface area contributed by atoms with Crippen LogP contribution in [-0.4, -0.2) is 21.6 Å². The van der Waals surface area contributed by atoms with E-state index in [0.717, 1.165) is 28.9 Å². The summed E-state index contributed by atoms with van der Waals surface area (Å²) in [6, 6.07) is 29.1. The molecule has 4 nitrogen and oxygen atoms in total.